The molecule has 33 heavy (non-hydrogen) atoms. The molecule has 5 rings (SSSR count). The van der Waals surface area contributed by atoms with E-state index in [1.54, 1.807) is 24.1 Å². The van der Waals surface area contributed by atoms with Gasteiger partial charge in [-0.25, -0.2) is 9.07 Å². The standard InChI is InChI=1S/C24H25FN6O2/c1-32-19-10-8-18(9-11-19)23(24-26-27-28-31(24)17-20-5-4-16-33-20)30-14-12-29(13-15-30)22-7-3-2-6-21(22)25/h2-11,16,23H,12-15,17H2,1H3/t23-/m1/s1. The Morgan fingerprint density at radius 1 is 1.00 bits per heavy atom. The zero-order valence-electron chi connectivity index (χ0n) is 18.3. The van der Waals surface area contributed by atoms with E-state index >= 15 is 0 Å². The van der Waals surface area contributed by atoms with Crippen LogP contribution in [0.2, 0.25) is 0 Å². The fourth-order valence-corrected chi connectivity index (χ4v) is 4.31. The van der Waals surface area contributed by atoms with Gasteiger partial charge in [0.25, 0.3) is 0 Å². The first-order valence-corrected chi connectivity index (χ1v) is 10.9. The number of methoxy groups -OCH3 is 1. The molecule has 1 saturated heterocycles. The predicted octanol–water partition coefficient (Wildman–Crippen LogP) is 3.37. The third-order valence-electron chi connectivity index (χ3n) is 5.99. The Bertz CT molecular complexity index is 1170. The number of hydrogen-bond donors (Lipinski definition) is 0. The molecule has 0 bridgehead atoms. The SMILES string of the molecule is COc1ccc([C@H](c2nnnn2Cc2ccco2)N2CCN(c3ccccc3F)CC2)cc1. The molecular weight excluding hydrogens is 423 g/mol. The Labute approximate surface area is 191 Å². The molecule has 0 N–H and O–H groups in total. The second kappa shape index (κ2) is 9.41. The van der Waals surface area contributed by atoms with Gasteiger partial charge in [0.2, 0.25) is 0 Å². The Hall–Kier alpha value is -3.72. The van der Waals surface area contributed by atoms with Gasteiger partial charge in [-0.1, -0.05) is 24.3 Å². The van der Waals surface area contributed by atoms with Gasteiger partial charge < -0.3 is 14.1 Å². The average molecular weight is 449 g/mol. The van der Waals surface area contributed by atoms with E-state index in [-0.39, 0.29) is 11.9 Å². The number of aromatic nitrogens is 4. The number of benzene rings is 2. The molecule has 3 heterocycles. The Kier molecular flexibility index (Phi) is 6.03. The number of anilines is 1. The number of tetrazole rings is 1. The highest BCUT2D eigenvalue weighted by molar-refractivity contribution is 5.48. The van der Waals surface area contributed by atoms with Crippen LogP contribution < -0.4 is 9.64 Å². The molecule has 1 aliphatic heterocycles. The molecule has 0 radical (unpaired) electrons. The number of rotatable bonds is 7. The van der Waals surface area contributed by atoms with Crippen LogP contribution in [0.15, 0.2) is 71.3 Å². The molecule has 0 amide bonds. The monoisotopic (exact) mass is 448 g/mol. The van der Waals surface area contributed by atoms with Gasteiger partial charge in [0, 0.05) is 26.2 Å². The van der Waals surface area contributed by atoms with Crippen LogP contribution in [0.1, 0.15) is 23.2 Å². The minimum Gasteiger partial charge on any atom is -0.497 e. The number of nitrogens with zero attached hydrogens (tertiary/aromatic N) is 6. The van der Waals surface area contributed by atoms with Crippen molar-refractivity contribution in [2.24, 2.45) is 0 Å². The second-order valence-corrected chi connectivity index (χ2v) is 7.92. The molecular formula is C24H25FN6O2. The zero-order valence-corrected chi connectivity index (χ0v) is 18.3. The molecule has 0 unspecified atom stereocenters. The van der Waals surface area contributed by atoms with E-state index in [0.717, 1.165) is 36.0 Å². The molecule has 0 saturated carbocycles. The molecule has 1 atom stereocenters. The third kappa shape index (κ3) is 4.45. The molecule has 0 aliphatic carbocycles. The Morgan fingerprint density at radius 3 is 2.48 bits per heavy atom. The van der Waals surface area contributed by atoms with Crippen molar-refractivity contribution in [2.75, 3.05) is 38.2 Å². The van der Waals surface area contributed by atoms with Crippen LogP contribution in [0, 0.1) is 5.82 Å². The summed E-state index contributed by atoms with van der Waals surface area (Å²) in [5.74, 6) is 2.11. The van der Waals surface area contributed by atoms with Crippen molar-refractivity contribution in [3.05, 3.63) is 89.9 Å². The first kappa shape index (κ1) is 21.1. The minimum atomic E-state index is -0.194. The molecule has 2 aromatic heterocycles. The van der Waals surface area contributed by atoms with E-state index in [2.05, 4.69) is 25.3 Å². The van der Waals surface area contributed by atoms with E-state index in [4.69, 9.17) is 9.15 Å². The van der Waals surface area contributed by atoms with E-state index in [9.17, 15) is 4.39 Å². The van der Waals surface area contributed by atoms with Gasteiger partial charge in [-0.2, -0.15) is 0 Å². The third-order valence-corrected chi connectivity index (χ3v) is 5.99. The summed E-state index contributed by atoms with van der Waals surface area (Å²) in [4.78, 5) is 4.42. The van der Waals surface area contributed by atoms with Gasteiger partial charge in [-0.05, 0) is 52.4 Å². The number of hydrogen-bond acceptors (Lipinski definition) is 7. The minimum absolute atomic E-state index is 0.163. The van der Waals surface area contributed by atoms with Crippen LogP contribution in [-0.4, -0.2) is 58.4 Å². The normalized spacial score (nSPS) is 15.5. The molecule has 0 spiro atoms. The van der Waals surface area contributed by atoms with Crippen molar-refractivity contribution in [1.29, 1.82) is 0 Å². The van der Waals surface area contributed by atoms with Gasteiger partial charge in [-0.15, -0.1) is 5.10 Å². The van der Waals surface area contributed by atoms with Crippen molar-refractivity contribution in [3.8, 4) is 5.75 Å². The average Bonchev–Trinajstić information content (AvgIpc) is 3.54. The molecule has 170 valence electrons. The summed E-state index contributed by atoms with van der Waals surface area (Å²) >= 11 is 0. The highest BCUT2D eigenvalue weighted by Gasteiger charge is 2.31. The lowest BCUT2D eigenvalue weighted by Gasteiger charge is -2.40. The lowest BCUT2D eigenvalue weighted by Crippen LogP contribution is -2.48. The number of piperazine rings is 1. The van der Waals surface area contributed by atoms with Crippen LogP contribution in [0.25, 0.3) is 0 Å². The molecule has 8 nitrogen and oxygen atoms in total. The summed E-state index contributed by atoms with van der Waals surface area (Å²) in [7, 11) is 1.65. The highest BCUT2D eigenvalue weighted by Crippen LogP contribution is 2.31. The van der Waals surface area contributed by atoms with E-state index in [0.29, 0.717) is 25.3 Å². The topological polar surface area (TPSA) is 72.4 Å². The van der Waals surface area contributed by atoms with Crippen molar-refractivity contribution in [3.63, 3.8) is 0 Å². The van der Waals surface area contributed by atoms with Crippen LogP contribution in [0.3, 0.4) is 0 Å². The zero-order chi connectivity index (χ0) is 22.6. The number of ether oxygens (including phenoxy) is 1. The highest BCUT2D eigenvalue weighted by atomic mass is 19.1. The fourth-order valence-electron chi connectivity index (χ4n) is 4.31. The van der Waals surface area contributed by atoms with Gasteiger partial charge in [0.1, 0.15) is 23.9 Å². The molecule has 2 aromatic carbocycles. The Balaban J connectivity index is 1.43. The van der Waals surface area contributed by atoms with E-state index < -0.39 is 0 Å². The lowest BCUT2D eigenvalue weighted by atomic mass is 10.0. The van der Waals surface area contributed by atoms with Crippen molar-refractivity contribution >= 4 is 5.69 Å². The maximum absolute atomic E-state index is 14.3. The summed E-state index contributed by atoms with van der Waals surface area (Å²) in [5.41, 5.74) is 1.70. The summed E-state index contributed by atoms with van der Waals surface area (Å²) < 4.78 is 26.9. The number of furan rings is 1. The van der Waals surface area contributed by atoms with Crippen molar-refractivity contribution in [2.45, 2.75) is 12.6 Å². The van der Waals surface area contributed by atoms with Crippen LogP contribution in [-0.2, 0) is 6.54 Å². The summed E-state index contributed by atoms with van der Waals surface area (Å²) in [6.45, 7) is 3.31. The van der Waals surface area contributed by atoms with Crippen LogP contribution in [0.4, 0.5) is 10.1 Å². The quantitative estimate of drug-likeness (QED) is 0.429. The maximum atomic E-state index is 14.3. The molecule has 1 fully saturated rings. The molecule has 1 aliphatic rings. The maximum Gasteiger partial charge on any atom is 0.173 e. The van der Waals surface area contributed by atoms with E-state index in [1.165, 1.54) is 6.07 Å². The van der Waals surface area contributed by atoms with Gasteiger partial charge in [0.15, 0.2) is 5.82 Å². The smallest absolute Gasteiger partial charge is 0.173 e. The fraction of sp³-hybridized carbons (Fsp3) is 0.292. The lowest BCUT2D eigenvalue weighted by molar-refractivity contribution is 0.200. The Morgan fingerprint density at radius 2 is 1.79 bits per heavy atom. The van der Waals surface area contributed by atoms with Crippen molar-refractivity contribution in [1.82, 2.24) is 25.1 Å². The molecule has 4 aromatic rings. The van der Waals surface area contributed by atoms with Gasteiger partial charge in [-0.3, -0.25) is 4.90 Å². The summed E-state index contributed by atoms with van der Waals surface area (Å²) in [5, 5.41) is 12.6. The first-order valence-electron chi connectivity index (χ1n) is 10.9. The second-order valence-electron chi connectivity index (χ2n) is 7.92. The van der Waals surface area contributed by atoms with E-state index in [1.807, 2.05) is 48.5 Å². The summed E-state index contributed by atoms with van der Waals surface area (Å²) in [6, 6.07) is 18.5. The number of halogens is 1. The number of para-hydroxylation sites is 1. The van der Waals surface area contributed by atoms with Crippen LogP contribution in [0.5, 0.6) is 5.75 Å². The summed E-state index contributed by atoms with van der Waals surface area (Å²) in [6.07, 6.45) is 1.64. The first-order chi connectivity index (χ1) is 16.2. The van der Waals surface area contributed by atoms with Gasteiger partial charge >= 0.3 is 0 Å². The largest absolute Gasteiger partial charge is 0.497 e. The van der Waals surface area contributed by atoms with Crippen LogP contribution >= 0.6 is 0 Å². The molecule has 9 heteroatoms. The van der Waals surface area contributed by atoms with Crippen molar-refractivity contribution < 1.29 is 13.5 Å². The predicted molar refractivity (Wildman–Crippen MR) is 121 cm³/mol. The van der Waals surface area contributed by atoms with Gasteiger partial charge in [0.05, 0.1) is 25.1 Å².